The van der Waals surface area contributed by atoms with Crippen LogP contribution in [0.25, 0.3) is 0 Å². The molecule has 1 rings (SSSR count). The molecule has 0 amide bonds. The molecule has 0 unspecified atom stereocenters. The third-order valence-electron chi connectivity index (χ3n) is 1.89. The molecular formula is C10H12O3. The standard InChI is InChI=1S/C10H12O3/c1-6-3-7(2)10(13)8(4-6)9(12)5-11/h3-4,11,13H,5H2,1-2H3. The molecule has 0 bridgehead atoms. The van der Waals surface area contributed by atoms with E-state index in [2.05, 4.69) is 0 Å². The number of ketones is 1. The summed E-state index contributed by atoms with van der Waals surface area (Å²) in [7, 11) is 0. The molecule has 0 radical (unpaired) electrons. The number of carbonyl (C=O) groups excluding carboxylic acids is 1. The third-order valence-corrected chi connectivity index (χ3v) is 1.89. The first kappa shape index (κ1) is 9.74. The lowest BCUT2D eigenvalue weighted by atomic mass is 10.0. The second kappa shape index (κ2) is 3.58. The highest BCUT2D eigenvalue weighted by Crippen LogP contribution is 2.23. The fourth-order valence-electron chi connectivity index (χ4n) is 1.26. The van der Waals surface area contributed by atoms with E-state index in [9.17, 15) is 9.90 Å². The number of hydrogen-bond acceptors (Lipinski definition) is 3. The van der Waals surface area contributed by atoms with Crippen LogP contribution in [0, 0.1) is 13.8 Å². The number of carbonyl (C=O) groups is 1. The molecule has 70 valence electrons. The zero-order valence-electron chi connectivity index (χ0n) is 7.66. The lowest BCUT2D eigenvalue weighted by molar-refractivity contribution is 0.0901. The van der Waals surface area contributed by atoms with Crippen LogP contribution in [0.3, 0.4) is 0 Å². The lowest BCUT2D eigenvalue weighted by Crippen LogP contribution is -2.05. The van der Waals surface area contributed by atoms with Crippen LogP contribution in [-0.4, -0.2) is 22.6 Å². The minimum absolute atomic E-state index is 0.0374. The number of phenols is 1. The molecule has 0 aliphatic heterocycles. The summed E-state index contributed by atoms with van der Waals surface area (Å²) in [6, 6.07) is 3.35. The third kappa shape index (κ3) is 1.87. The molecule has 0 saturated carbocycles. The van der Waals surface area contributed by atoms with E-state index in [4.69, 9.17) is 5.11 Å². The average molecular weight is 180 g/mol. The summed E-state index contributed by atoms with van der Waals surface area (Å²) in [5.41, 5.74) is 1.74. The maximum absolute atomic E-state index is 11.1. The Morgan fingerprint density at radius 1 is 1.38 bits per heavy atom. The first-order chi connectivity index (χ1) is 6.06. The summed E-state index contributed by atoms with van der Waals surface area (Å²) < 4.78 is 0. The van der Waals surface area contributed by atoms with Gasteiger partial charge in [0.15, 0.2) is 5.78 Å². The van der Waals surface area contributed by atoms with E-state index in [0.29, 0.717) is 5.56 Å². The van der Waals surface area contributed by atoms with Gasteiger partial charge in [-0.05, 0) is 31.0 Å². The Bertz CT molecular complexity index is 342. The number of benzene rings is 1. The van der Waals surface area contributed by atoms with Crippen molar-refractivity contribution in [2.45, 2.75) is 13.8 Å². The first-order valence-corrected chi connectivity index (χ1v) is 4.00. The second-order valence-corrected chi connectivity index (χ2v) is 3.06. The van der Waals surface area contributed by atoms with Gasteiger partial charge in [-0.15, -0.1) is 0 Å². The van der Waals surface area contributed by atoms with Crippen molar-refractivity contribution >= 4 is 5.78 Å². The lowest BCUT2D eigenvalue weighted by Gasteiger charge is -2.06. The summed E-state index contributed by atoms with van der Waals surface area (Å²) in [6.07, 6.45) is 0. The molecule has 1 aromatic rings. The van der Waals surface area contributed by atoms with Crippen molar-refractivity contribution in [2.24, 2.45) is 0 Å². The molecule has 0 fully saturated rings. The van der Waals surface area contributed by atoms with Gasteiger partial charge in [0.05, 0.1) is 5.56 Å². The van der Waals surface area contributed by atoms with Crippen molar-refractivity contribution < 1.29 is 15.0 Å². The average Bonchev–Trinajstić information content (AvgIpc) is 2.10. The molecule has 3 heteroatoms. The quantitative estimate of drug-likeness (QED) is 0.672. The van der Waals surface area contributed by atoms with Crippen molar-refractivity contribution in [3.05, 3.63) is 28.8 Å². The van der Waals surface area contributed by atoms with Gasteiger partial charge in [0.25, 0.3) is 0 Å². The van der Waals surface area contributed by atoms with Crippen molar-refractivity contribution in [2.75, 3.05) is 6.61 Å². The highest BCUT2D eigenvalue weighted by Gasteiger charge is 2.12. The second-order valence-electron chi connectivity index (χ2n) is 3.06. The van der Waals surface area contributed by atoms with Gasteiger partial charge in [0.2, 0.25) is 0 Å². The Balaban J connectivity index is 3.28. The molecule has 2 N–H and O–H groups in total. The fraction of sp³-hybridized carbons (Fsp3) is 0.300. The SMILES string of the molecule is Cc1cc(C)c(O)c(C(=O)CO)c1. The first-order valence-electron chi connectivity index (χ1n) is 4.00. The topological polar surface area (TPSA) is 57.5 Å². The summed E-state index contributed by atoms with van der Waals surface area (Å²) in [5, 5.41) is 18.1. The van der Waals surface area contributed by atoms with Gasteiger partial charge in [-0.3, -0.25) is 4.79 Å². The molecule has 1 aromatic carbocycles. The van der Waals surface area contributed by atoms with E-state index >= 15 is 0 Å². The van der Waals surface area contributed by atoms with Gasteiger partial charge >= 0.3 is 0 Å². The Kier molecular flexibility index (Phi) is 2.68. The van der Waals surface area contributed by atoms with Gasteiger partial charge in [-0.2, -0.15) is 0 Å². The van der Waals surface area contributed by atoms with Crippen molar-refractivity contribution in [3.63, 3.8) is 0 Å². The van der Waals surface area contributed by atoms with Gasteiger partial charge in [0, 0.05) is 0 Å². The molecule has 0 heterocycles. The highest BCUT2D eigenvalue weighted by atomic mass is 16.3. The van der Waals surface area contributed by atoms with E-state index in [1.54, 1.807) is 19.1 Å². The highest BCUT2D eigenvalue weighted by molar-refractivity contribution is 5.99. The number of aliphatic hydroxyl groups excluding tert-OH is 1. The predicted octanol–water partition coefficient (Wildman–Crippen LogP) is 1.18. The van der Waals surface area contributed by atoms with E-state index in [0.717, 1.165) is 5.56 Å². The number of aromatic hydroxyl groups is 1. The maximum atomic E-state index is 11.1. The van der Waals surface area contributed by atoms with Crippen molar-refractivity contribution in [3.8, 4) is 5.75 Å². The van der Waals surface area contributed by atoms with Crippen LogP contribution in [0.2, 0.25) is 0 Å². The maximum Gasteiger partial charge on any atom is 0.191 e. The number of Topliss-reactive ketones (excluding diaryl/α,β-unsaturated/α-hetero) is 1. The predicted molar refractivity (Wildman–Crippen MR) is 49.0 cm³/mol. The number of phenolic OH excluding ortho intramolecular Hbond substituents is 1. The van der Waals surface area contributed by atoms with E-state index < -0.39 is 12.4 Å². The zero-order valence-corrected chi connectivity index (χ0v) is 7.66. The van der Waals surface area contributed by atoms with Crippen molar-refractivity contribution in [1.82, 2.24) is 0 Å². The Morgan fingerprint density at radius 2 is 2.00 bits per heavy atom. The van der Waals surface area contributed by atoms with Gasteiger partial charge < -0.3 is 10.2 Å². The Labute approximate surface area is 76.6 Å². The van der Waals surface area contributed by atoms with Crippen LogP contribution < -0.4 is 0 Å². The molecule has 13 heavy (non-hydrogen) atoms. The summed E-state index contributed by atoms with van der Waals surface area (Å²) in [6.45, 7) is 2.98. The number of aliphatic hydroxyl groups is 1. The molecule has 0 atom stereocenters. The van der Waals surface area contributed by atoms with Crippen LogP contribution in [0.15, 0.2) is 12.1 Å². The largest absolute Gasteiger partial charge is 0.507 e. The van der Waals surface area contributed by atoms with Gasteiger partial charge in [-0.1, -0.05) is 6.07 Å². The fourth-order valence-corrected chi connectivity index (χ4v) is 1.26. The zero-order chi connectivity index (χ0) is 10.0. The summed E-state index contributed by atoms with van der Waals surface area (Å²) in [4.78, 5) is 11.1. The molecule has 0 aliphatic rings. The number of hydrogen-bond donors (Lipinski definition) is 2. The van der Waals surface area contributed by atoms with E-state index in [-0.39, 0.29) is 11.3 Å². The van der Waals surface area contributed by atoms with Crippen LogP contribution in [-0.2, 0) is 0 Å². The van der Waals surface area contributed by atoms with Gasteiger partial charge in [0.1, 0.15) is 12.4 Å². The van der Waals surface area contributed by atoms with Crippen LogP contribution in [0.5, 0.6) is 5.75 Å². The van der Waals surface area contributed by atoms with Crippen LogP contribution in [0.1, 0.15) is 21.5 Å². The minimum Gasteiger partial charge on any atom is -0.507 e. The van der Waals surface area contributed by atoms with Crippen LogP contribution >= 0.6 is 0 Å². The summed E-state index contributed by atoms with van der Waals surface area (Å²) >= 11 is 0. The molecule has 3 nitrogen and oxygen atoms in total. The molecule has 0 spiro atoms. The number of rotatable bonds is 2. The van der Waals surface area contributed by atoms with E-state index in [1.165, 1.54) is 0 Å². The minimum atomic E-state index is -0.573. The van der Waals surface area contributed by atoms with Crippen LogP contribution in [0.4, 0.5) is 0 Å². The van der Waals surface area contributed by atoms with Gasteiger partial charge in [-0.25, -0.2) is 0 Å². The smallest absolute Gasteiger partial charge is 0.191 e. The monoisotopic (exact) mass is 180 g/mol. The summed E-state index contributed by atoms with van der Waals surface area (Å²) in [5.74, 6) is -0.492. The Morgan fingerprint density at radius 3 is 2.54 bits per heavy atom. The Hall–Kier alpha value is -1.35. The van der Waals surface area contributed by atoms with E-state index in [1.807, 2.05) is 6.92 Å². The molecule has 0 saturated heterocycles. The van der Waals surface area contributed by atoms with Crippen molar-refractivity contribution in [1.29, 1.82) is 0 Å². The molecule has 0 aliphatic carbocycles. The molecular weight excluding hydrogens is 168 g/mol. The number of aryl methyl sites for hydroxylation is 2. The molecule has 0 aromatic heterocycles. The normalized spacial score (nSPS) is 10.1.